The van der Waals surface area contributed by atoms with Crippen LogP contribution in [-0.2, 0) is 0 Å². The Morgan fingerprint density at radius 3 is 1.70 bits per heavy atom. The number of rotatable bonds is 7. The number of nitrogens with one attached hydrogen (secondary N) is 1. The van der Waals surface area contributed by atoms with E-state index < -0.39 is 0 Å². The van der Waals surface area contributed by atoms with E-state index in [0.717, 1.165) is 28.0 Å². The summed E-state index contributed by atoms with van der Waals surface area (Å²) in [6.07, 6.45) is 0. The zero-order valence-corrected chi connectivity index (χ0v) is 20.7. The number of fused-ring (bicyclic) bond motifs is 1. The van der Waals surface area contributed by atoms with Crippen molar-refractivity contribution in [2.45, 2.75) is 0 Å². The summed E-state index contributed by atoms with van der Waals surface area (Å²) in [5.41, 5.74) is 5.86. The Morgan fingerprint density at radius 2 is 1.19 bits per heavy atom. The van der Waals surface area contributed by atoms with Crippen molar-refractivity contribution < 1.29 is 19.0 Å². The number of carbonyl (C=O) groups is 1. The van der Waals surface area contributed by atoms with Gasteiger partial charge in [0, 0.05) is 22.4 Å². The molecule has 7 nitrogen and oxygen atoms in total. The summed E-state index contributed by atoms with van der Waals surface area (Å²) in [5, 5.41) is 2.94. The second-order valence-corrected chi connectivity index (χ2v) is 8.22. The van der Waals surface area contributed by atoms with Gasteiger partial charge in [-0.05, 0) is 30.3 Å². The van der Waals surface area contributed by atoms with Crippen LogP contribution < -0.4 is 19.5 Å². The molecule has 0 atom stereocenters. The first kappa shape index (κ1) is 23.8. The maximum absolute atomic E-state index is 13.1. The van der Waals surface area contributed by atoms with Gasteiger partial charge in [-0.15, -0.1) is 0 Å². The van der Waals surface area contributed by atoms with Crippen LogP contribution >= 0.6 is 0 Å². The van der Waals surface area contributed by atoms with Gasteiger partial charge in [-0.2, -0.15) is 0 Å². The molecular formula is C30H25N3O4. The summed E-state index contributed by atoms with van der Waals surface area (Å²) in [5.74, 6) is 0.899. The normalized spacial score (nSPS) is 10.7. The third-order valence-corrected chi connectivity index (χ3v) is 5.94. The molecule has 1 amide bonds. The van der Waals surface area contributed by atoms with E-state index in [1.165, 1.54) is 21.3 Å². The first-order chi connectivity index (χ1) is 18.1. The highest BCUT2D eigenvalue weighted by atomic mass is 16.5. The fourth-order valence-corrected chi connectivity index (χ4v) is 4.14. The van der Waals surface area contributed by atoms with Gasteiger partial charge in [-0.25, -0.2) is 9.97 Å². The lowest BCUT2D eigenvalue weighted by Crippen LogP contribution is -2.12. The largest absolute Gasteiger partial charge is 0.493 e. The summed E-state index contributed by atoms with van der Waals surface area (Å²) in [4.78, 5) is 23.0. The fourth-order valence-electron chi connectivity index (χ4n) is 4.14. The van der Waals surface area contributed by atoms with E-state index in [-0.39, 0.29) is 5.91 Å². The average Bonchev–Trinajstić information content (AvgIpc) is 2.96. The van der Waals surface area contributed by atoms with Crippen molar-refractivity contribution in [3.05, 3.63) is 96.6 Å². The molecule has 0 aliphatic carbocycles. The molecule has 5 rings (SSSR count). The predicted octanol–water partition coefficient (Wildman–Crippen LogP) is 6.24. The van der Waals surface area contributed by atoms with Gasteiger partial charge in [0.15, 0.2) is 11.5 Å². The quantitative estimate of drug-likeness (QED) is 0.290. The molecule has 0 unspecified atom stereocenters. The van der Waals surface area contributed by atoms with Gasteiger partial charge in [-0.1, -0.05) is 60.7 Å². The monoisotopic (exact) mass is 491 g/mol. The Labute approximate surface area is 214 Å². The van der Waals surface area contributed by atoms with Crippen LogP contribution in [-0.4, -0.2) is 37.2 Å². The predicted molar refractivity (Wildman–Crippen MR) is 144 cm³/mol. The number of hydrogen-bond acceptors (Lipinski definition) is 6. The minimum absolute atomic E-state index is 0.323. The van der Waals surface area contributed by atoms with Gasteiger partial charge in [-0.3, -0.25) is 4.79 Å². The summed E-state index contributed by atoms with van der Waals surface area (Å²) in [6.45, 7) is 0. The van der Waals surface area contributed by atoms with E-state index in [1.54, 1.807) is 12.1 Å². The summed E-state index contributed by atoms with van der Waals surface area (Å²) in [6, 6.07) is 28.6. The van der Waals surface area contributed by atoms with Crippen molar-refractivity contribution >= 4 is 22.6 Å². The van der Waals surface area contributed by atoms with Crippen LogP contribution in [0, 0.1) is 0 Å². The first-order valence-corrected chi connectivity index (χ1v) is 11.6. The Kier molecular flexibility index (Phi) is 6.68. The summed E-state index contributed by atoms with van der Waals surface area (Å²) in [7, 11) is 4.53. The van der Waals surface area contributed by atoms with Crippen molar-refractivity contribution in [2.24, 2.45) is 0 Å². The van der Waals surface area contributed by atoms with E-state index in [9.17, 15) is 4.79 Å². The minimum Gasteiger partial charge on any atom is -0.493 e. The zero-order chi connectivity index (χ0) is 25.8. The molecular weight excluding hydrogens is 466 g/mol. The molecule has 0 saturated heterocycles. The summed E-state index contributed by atoms with van der Waals surface area (Å²) >= 11 is 0. The SMILES string of the molecule is COc1cc(C(=O)Nc2ccc3nc(-c4ccccc4)c(-c4ccccc4)nc3c2)cc(OC)c1OC. The van der Waals surface area contributed by atoms with Crippen molar-refractivity contribution in [1.29, 1.82) is 0 Å². The van der Waals surface area contributed by atoms with Crippen molar-refractivity contribution in [3.63, 3.8) is 0 Å². The molecule has 0 aliphatic rings. The van der Waals surface area contributed by atoms with E-state index in [0.29, 0.717) is 34.0 Å². The highest BCUT2D eigenvalue weighted by Crippen LogP contribution is 2.38. The third kappa shape index (κ3) is 4.79. The average molecular weight is 492 g/mol. The van der Waals surface area contributed by atoms with Crippen LogP contribution in [0.25, 0.3) is 33.5 Å². The van der Waals surface area contributed by atoms with Crippen molar-refractivity contribution in [3.8, 4) is 39.8 Å². The number of carbonyl (C=O) groups excluding carboxylic acids is 1. The van der Waals surface area contributed by atoms with Crippen LogP contribution in [0.1, 0.15) is 10.4 Å². The molecule has 4 aromatic carbocycles. The third-order valence-electron chi connectivity index (χ3n) is 5.94. The Hall–Kier alpha value is -4.91. The van der Waals surface area contributed by atoms with Gasteiger partial charge in [0.05, 0.1) is 43.8 Å². The topological polar surface area (TPSA) is 82.6 Å². The molecule has 0 fully saturated rings. The molecule has 7 heteroatoms. The molecule has 5 aromatic rings. The highest BCUT2D eigenvalue weighted by Gasteiger charge is 2.18. The number of methoxy groups -OCH3 is 3. The lowest BCUT2D eigenvalue weighted by molar-refractivity contribution is 0.102. The van der Waals surface area contributed by atoms with Gasteiger partial charge < -0.3 is 19.5 Å². The second kappa shape index (κ2) is 10.4. The Morgan fingerprint density at radius 1 is 0.649 bits per heavy atom. The molecule has 37 heavy (non-hydrogen) atoms. The number of nitrogens with zero attached hydrogens (tertiary/aromatic N) is 2. The molecule has 0 radical (unpaired) electrons. The second-order valence-electron chi connectivity index (χ2n) is 8.22. The van der Waals surface area contributed by atoms with E-state index >= 15 is 0 Å². The van der Waals surface area contributed by atoms with E-state index in [4.69, 9.17) is 24.2 Å². The molecule has 1 heterocycles. The number of anilines is 1. The fraction of sp³-hybridized carbons (Fsp3) is 0.100. The molecule has 0 spiro atoms. The zero-order valence-electron chi connectivity index (χ0n) is 20.7. The first-order valence-electron chi connectivity index (χ1n) is 11.6. The van der Waals surface area contributed by atoms with Crippen molar-refractivity contribution in [2.75, 3.05) is 26.6 Å². The maximum Gasteiger partial charge on any atom is 0.255 e. The lowest BCUT2D eigenvalue weighted by Gasteiger charge is -2.14. The van der Waals surface area contributed by atoms with E-state index in [1.807, 2.05) is 78.9 Å². The maximum atomic E-state index is 13.1. The minimum atomic E-state index is -0.323. The highest BCUT2D eigenvalue weighted by molar-refractivity contribution is 6.06. The van der Waals surface area contributed by atoms with Crippen LogP contribution in [0.5, 0.6) is 17.2 Å². The Balaban J connectivity index is 1.54. The number of ether oxygens (including phenoxy) is 3. The molecule has 0 bridgehead atoms. The number of hydrogen-bond donors (Lipinski definition) is 1. The van der Waals surface area contributed by atoms with Crippen LogP contribution in [0.4, 0.5) is 5.69 Å². The lowest BCUT2D eigenvalue weighted by atomic mass is 10.0. The van der Waals surface area contributed by atoms with Crippen LogP contribution in [0.3, 0.4) is 0 Å². The van der Waals surface area contributed by atoms with Crippen LogP contribution in [0.15, 0.2) is 91.0 Å². The molecule has 184 valence electrons. The van der Waals surface area contributed by atoms with Gasteiger partial charge in [0.2, 0.25) is 5.75 Å². The van der Waals surface area contributed by atoms with Crippen LogP contribution in [0.2, 0.25) is 0 Å². The number of aromatic nitrogens is 2. The standard InChI is InChI=1S/C30H25N3O4/c1-35-25-16-21(17-26(36-2)29(25)37-3)30(34)31-22-14-15-23-24(18-22)33-28(20-12-8-5-9-13-20)27(32-23)19-10-6-4-7-11-19/h4-18H,1-3H3,(H,31,34). The summed E-state index contributed by atoms with van der Waals surface area (Å²) < 4.78 is 16.1. The number of benzene rings is 4. The molecule has 0 aliphatic heterocycles. The number of amides is 1. The smallest absolute Gasteiger partial charge is 0.255 e. The molecule has 1 aromatic heterocycles. The van der Waals surface area contributed by atoms with Gasteiger partial charge in [0.25, 0.3) is 5.91 Å². The molecule has 0 saturated carbocycles. The van der Waals surface area contributed by atoms with Gasteiger partial charge >= 0.3 is 0 Å². The van der Waals surface area contributed by atoms with E-state index in [2.05, 4.69) is 5.32 Å². The van der Waals surface area contributed by atoms with Crippen molar-refractivity contribution in [1.82, 2.24) is 9.97 Å². The molecule has 1 N–H and O–H groups in total. The Bertz CT molecular complexity index is 1550. The van der Waals surface area contributed by atoms with Gasteiger partial charge in [0.1, 0.15) is 0 Å².